The molecule has 0 saturated carbocycles. The molecule has 2 N–H and O–H groups in total. The normalized spacial score (nSPS) is 10.3. The number of hydrogen-bond donors (Lipinski definition) is 2. The van der Waals surface area contributed by atoms with E-state index in [9.17, 15) is 8.78 Å². The van der Waals surface area contributed by atoms with Gasteiger partial charge in [0, 0.05) is 17.1 Å². The molecule has 0 aliphatic carbocycles. The van der Waals surface area contributed by atoms with Crippen LogP contribution >= 0.6 is 0 Å². The zero-order valence-electron chi connectivity index (χ0n) is 11.2. The lowest BCUT2D eigenvalue weighted by Gasteiger charge is -2.10. The molecule has 2 aromatic rings. The van der Waals surface area contributed by atoms with Crippen molar-refractivity contribution in [1.82, 2.24) is 0 Å². The van der Waals surface area contributed by atoms with Gasteiger partial charge >= 0.3 is 7.12 Å². The largest absolute Gasteiger partial charge is 0.494 e. The molecule has 0 radical (unpaired) electrons. The number of methoxy groups -OCH3 is 1. The van der Waals surface area contributed by atoms with Gasteiger partial charge in [0.05, 0.1) is 7.11 Å². The average molecular weight is 294 g/mol. The van der Waals surface area contributed by atoms with Gasteiger partial charge in [0.15, 0.2) is 11.6 Å². The molecule has 0 amide bonds. The van der Waals surface area contributed by atoms with Crippen LogP contribution in [0.2, 0.25) is 0 Å². The molecule has 0 spiro atoms. The summed E-state index contributed by atoms with van der Waals surface area (Å²) in [5, 5.41) is 17.8. The van der Waals surface area contributed by atoms with Crippen molar-refractivity contribution in [3.63, 3.8) is 0 Å². The van der Waals surface area contributed by atoms with Crippen LogP contribution in [0.5, 0.6) is 11.5 Å². The summed E-state index contributed by atoms with van der Waals surface area (Å²) in [5.74, 6) is -1.10. The van der Waals surface area contributed by atoms with Gasteiger partial charge in [0.25, 0.3) is 0 Å². The molecule has 0 fully saturated rings. The van der Waals surface area contributed by atoms with Gasteiger partial charge < -0.3 is 19.5 Å². The van der Waals surface area contributed by atoms with Gasteiger partial charge in [-0.2, -0.15) is 0 Å². The molecule has 2 aromatic carbocycles. The van der Waals surface area contributed by atoms with Gasteiger partial charge in [-0.15, -0.1) is 0 Å². The fraction of sp³-hybridized carbons (Fsp3) is 0.143. The van der Waals surface area contributed by atoms with Crippen LogP contribution in [0.25, 0.3) is 0 Å². The molecule has 4 nitrogen and oxygen atoms in total. The minimum atomic E-state index is -1.89. The highest BCUT2D eigenvalue weighted by molar-refractivity contribution is 6.58. The Morgan fingerprint density at radius 3 is 2.52 bits per heavy atom. The lowest BCUT2D eigenvalue weighted by Crippen LogP contribution is -2.32. The van der Waals surface area contributed by atoms with E-state index in [1.807, 2.05) is 0 Å². The summed E-state index contributed by atoms with van der Waals surface area (Å²) in [6.07, 6.45) is 0. The fourth-order valence-corrected chi connectivity index (χ4v) is 1.79. The van der Waals surface area contributed by atoms with Gasteiger partial charge in [0.2, 0.25) is 0 Å². The predicted molar refractivity (Wildman–Crippen MR) is 73.5 cm³/mol. The third kappa shape index (κ3) is 3.50. The van der Waals surface area contributed by atoms with Crippen molar-refractivity contribution in [2.45, 2.75) is 6.61 Å². The highest BCUT2D eigenvalue weighted by Gasteiger charge is 2.17. The maximum Gasteiger partial charge on any atom is 0.491 e. The van der Waals surface area contributed by atoms with E-state index in [-0.39, 0.29) is 29.1 Å². The Hall–Kier alpha value is -2.12. The second-order valence-corrected chi connectivity index (χ2v) is 4.28. The van der Waals surface area contributed by atoms with Crippen molar-refractivity contribution < 1.29 is 28.3 Å². The summed E-state index contributed by atoms with van der Waals surface area (Å²) in [4.78, 5) is 0. The SMILES string of the molecule is COc1cccc(COc2ccc(B(O)O)c(F)c2)c1F. The molecule has 0 aliphatic rings. The maximum absolute atomic E-state index is 13.9. The smallest absolute Gasteiger partial charge is 0.491 e. The van der Waals surface area contributed by atoms with Crippen LogP contribution in [-0.2, 0) is 6.61 Å². The Labute approximate surface area is 120 Å². The zero-order chi connectivity index (χ0) is 15.4. The van der Waals surface area contributed by atoms with Crippen molar-refractivity contribution >= 4 is 12.6 Å². The van der Waals surface area contributed by atoms with Crippen LogP contribution in [0.15, 0.2) is 36.4 Å². The standard InChI is InChI=1S/C14H13BF2O4/c1-20-13-4-2-3-9(14(13)17)8-21-10-5-6-11(15(18)19)12(16)7-10/h2-7,18-19H,8H2,1H3. The van der Waals surface area contributed by atoms with E-state index in [1.54, 1.807) is 6.07 Å². The molecule has 0 heterocycles. The minimum Gasteiger partial charge on any atom is -0.494 e. The highest BCUT2D eigenvalue weighted by atomic mass is 19.1. The Bertz CT molecular complexity index is 634. The van der Waals surface area contributed by atoms with E-state index in [4.69, 9.17) is 19.5 Å². The van der Waals surface area contributed by atoms with Crippen molar-refractivity contribution in [2.75, 3.05) is 7.11 Å². The lowest BCUT2D eigenvalue weighted by atomic mass is 9.80. The van der Waals surface area contributed by atoms with Crippen LogP contribution in [0.3, 0.4) is 0 Å². The minimum absolute atomic E-state index is 0.0982. The summed E-state index contributed by atoms with van der Waals surface area (Å²) in [6.45, 7) is -0.108. The number of benzene rings is 2. The van der Waals surface area contributed by atoms with Crippen molar-refractivity contribution in [3.8, 4) is 11.5 Å². The molecule has 0 saturated heterocycles. The molecule has 0 aliphatic heterocycles. The Kier molecular flexibility index (Phi) is 4.77. The summed E-state index contributed by atoms with van der Waals surface area (Å²) in [6, 6.07) is 8.20. The van der Waals surface area contributed by atoms with Crippen LogP contribution in [0.1, 0.15) is 5.56 Å². The molecule has 2 rings (SSSR count). The second kappa shape index (κ2) is 6.56. The summed E-state index contributed by atoms with van der Waals surface area (Å²) in [7, 11) is -0.535. The molecule has 0 unspecified atom stereocenters. The second-order valence-electron chi connectivity index (χ2n) is 4.28. The van der Waals surface area contributed by atoms with E-state index in [0.29, 0.717) is 0 Å². The van der Waals surface area contributed by atoms with E-state index in [0.717, 1.165) is 6.07 Å². The van der Waals surface area contributed by atoms with Crippen LogP contribution in [0.4, 0.5) is 8.78 Å². The van der Waals surface area contributed by atoms with Crippen molar-refractivity contribution in [3.05, 3.63) is 53.6 Å². The molecule has 0 aromatic heterocycles. The van der Waals surface area contributed by atoms with Crippen LogP contribution in [0, 0.1) is 11.6 Å². The Balaban J connectivity index is 2.12. The topological polar surface area (TPSA) is 58.9 Å². The third-order valence-corrected chi connectivity index (χ3v) is 2.91. The van der Waals surface area contributed by atoms with Gasteiger partial charge in [0.1, 0.15) is 18.2 Å². The number of hydrogen-bond acceptors (Lipinski definition) is 4. The molecule has 110 valence electrons. The molecule has 21 heavy (non-hydrogen) atoms. The molecule has 0 bridgehead atoms. The number of rotatable bonds is 5. The van der Waals surface area contributed by atoms with Crippen molar-refractivity contribution in [2.24, 2.45) is 0 Å². The van der Waals surface area contributed by atoms with Crippen molar-refractivity contribution in [1.29, 1.82) is 0 Å². The molecular formula is C14H13BF2O4. The Morgan fingerprint density at radius 1 is 1.14 bits per heavy atom. The average Bonchev–Trinajstić information content (AvgIpc) is 2.46. The quantitative estimate of drug-likeness (QED) is 0.814. The maximum atomic E-state index is 13.9. The van der Waals surface area contributed by atoms with E-state index >= 15 is 0 Å². The monoisotopic (exact) mass is 294 g/mol. The van der Waals surface area contributed by atoms with E-state index in [2.05, 4.69) is 0 Å². The molecule has 0 atom stereocenters. The Morgan fingerprint density at radius 2 is 1.90 bits per heavy atom. The van der Waals surface area contributed by atoms with E-state index in [1.165, 1.54) is 31.4 Å². The van der Waals surface area contributed by atoms with Gasteiger partial charge in [-0.25, -0.2) is 8.78 Å². The first-order valence-corrected chi connectivity index (χ1v) is 6.12. The van der Waals surface area contributed by atoms with Gasteiger partial charge in [-0.05, 0) is 12.1 Å². The predicted octanol–water partition coefficient (Wildman–Crippen LogP) is 1.23. The molecular weight excluding hydrogens is 281 g/mol. The first kappa shape index (κ1) is 15.3. The first-order valence-electron chi connectivity index (χ1n) is 6.12. The lowest BCUT2D eigenvalue weighted by molar-refractivity contribution is 0.294. The van der Waals surface area contributed by atoms with Crippen LogP contribution in [-0.4, -0.2) is 24.3 Å². The van der Waals surface area contributed by atoms with Crippen LogP contribution < -0.4 is 14.9 Å². The third-order valence-electron chi connectivity index (χ3n) is 2.91. The number of ether oxygens (including phenoxy) is 2. The molecule has 7 heteroatoms. The highest BCUT2D eigenvalue weighted by Crippen LogP contribution is 2.21. The zero-order valence-corrected chi connectivity index (χ0v) is 11.2. The summed E-state index contributed by atoms with van der Waals surface area (Å²) in [5.41, 5.74) is 0.0101. The summed E-state index contributed by atoms with van der Waals surface area (Å²) >= 11 is 0. The van der Waals surface area contributed by atoms with E-state index < -0.39 is 18.8 Å². The van der Waals surface area contributed by atoms with Gasteiger partial charge in [-0.3, -0.25) is 0 Å². The summed E-state index contributed by atoms with van der Waals surface area (Å²) < 4.78 is 37.6. The number of halogens is 2. The fourth-order valence-electron chi connectivity index (χ4n) is 1.79. The first-order chi connectivity index (χ1) is 10.0. The van der Waals surface area contributed by atoms with Gasteiger partial charge in [-0.1, -0.05) is 18.2 Å².